The molecule has 0 heterocycles. The van der Waals surface area contributed by atoms with Crippen LogP contribution in [0.4, 0.5) is 0 Å². The quantitative estimate of drug-likeness (QED) is 0.546. The number of hydrogen-bond acceptors (Lipinski definition) is 2. The van der Waals surface area contributed by atoms with Gasteiger partial charge in [-0.2, -0.15) is 5.26 Å². The highest BCUT2D eigenvalue weighted by molar-refractivity contribution is 6.71. The molecule has 0 saturated carbocycles. The highest BCUT2D eigenvalue weighted by Crippen LogP contribution is 2.22. The summed E-state index contributed by atoms with van der Waals surface area (Å²) in [5, 5.41) is 9.79. The molecule has 2 nitrogen and oxygen atoms in total. The molecule has 0 radical (unpaired) electrons. The van der Waals surface area contributed by atoms with E-state index in [-0.39, 0.29) is 0 Å². The van der Waals surface area contributed by atoms with Gasteiger partial charge in [-0.1, -0.05) is 23.2 Å². The van der Waals surface area contributed by atoms with Crippen LogP contribution >= 0.6 is 23.2 Å². The summed E-state index contributed by atoms with van der Waals surface area (Å²) in [6.45, 7) is 4.86. The SMILES string of the molecule is C[Si](C)(CCCC#N)OCc1cc(Cl)cc(Cl)c1. The van der Waals surface area contributed by atoms with Gasteiger partial charge in [0.1, 0.15) is 0 Å². The minimum absolute atomic E-state index is 0.534. The molecule has 0 bridgehead atoms. The van der Waals surface area contributed by atoms with Crippen LogP contribution in [0.1, 0.15) is 18.4 Å². The minimum Gasteiger partial charge on any atom is -0.413 e. The molecule has 0 fully saturated rings. The molecular weight excluding hydrogens is 285 g/mol. The van der Waals surface area contributed by atoms with Gasteiger partial charge in [0, 0.05) is 16.5 Å². The van der Waals surface area contributed by atoms with E-state index in [9.17, 15) is 0 Å². The summed E-state index contributed by atoms with van der Waals surface area (Å²) in [6.07, 6.45) is 1.51. The van der Waals surface area contributed by atoms with Gasteiger partial charge in [0.25, 0.3) is 0 Å². The molecule has 0 aliphatic heterocycles. The lowest BCUT2D eigenvalue weighted by atomic mass is 10.2. The molecule has 0 unspecified atom stereocenters. The molecule has 0 spiro atoms. The molecule has 0 atom stereocenters. The summed E-state index contributed by atoms with van der Waals surface area (Å²) in [7, 11) is -1.70. The zero-order valence-corrected chi connectivity index (χ0v) is 13.2. The van der Waals surface area contributed by atoms with Gasteiger partial charge in [-0.25, -0.2) is 0 Å². The largest absolute Gasteiger partial charge is 0.413 e. The molecule has 0 aliphatic carbocycles. The first-order chi connectivity index (χ1) is 8.43. The summed E-state index contributed by atoms with van der Waals surface area (Å²) in [4.78, 5) is 0. The molecule has 1 aromatic carbocycles. The van der Waals surface area contributed by atoms with E-state index in [1.165, 1.54) is 0 Å². The van der Waals surface area contributed by atoms with E-state index in [1.807, 2.05) is 12.1 Å². The Labute approximate surface area is 120 Å². The fraction of sp³-hybridized carbons (Fsp3) is 0.462. The third kappa shape index (κ3) is 5.88. The maximum absolute atomic E-state index is 8.53. The van der Waals surface area contributed by atoms with Crippen LogP contribution in [-0.2, 0) is 11.0 Å². The highest BCUT2D eigenvalue weighted by Gasteiger charge is 2.21. The van der Waals surface area contributed by atoms with Gasteiger partial charge in [0.15, 0.2) is 8.32 Å². The molecule has 98 valence electrons. The Morgan fingerprint density at radius 2 is 1.83 bits per heavy atom. The first-order valence-corrected chi connectivity index (χ1v) is 9.76. The highest BCUT2D eigenvalue weighted by atomic mass is 35.5. The average Bonchev–Trinajstić information content (AvgIpc) is 2.25. The van der Waals surface area contributed by atoms with Crippen molar-refractivity contribution in [2.75, 3.05) is 0 Å². The Bertz CT molecular complexity index is 423. The molecular formula is C13H17Cl2NOSi. The van der Waals surface area contributed by atoms with Crippen LogP contribution in [0.3, 0.4) is 0 Å². The predicted octanol–water partition coefficient (Wildman–Crippen LogP) is 5.02. The van der Waals surface area contributed by atoms with Gasteiger partial charge in [-0.3, -0.25) is 0 Å². The Morgan fingerprint density at radius 1 is 1.22 bits per heavy atom. The number of benzene rings is 1. The van der Waals surface area contributed by atoms with Crippen LogP contribution in [-0.4, -0.2) is 8.32 Å². The maximum atomic E-state index is 8.53. The number of nitrogens with zero attached hydrogens (tertiary/aromatic N) is 1. The molecule has 18 heavy (non-hydrogen) atoms. The van der Waals surface area contributed by atoms with Crippen molar-refractivity contribution in [1.29, 1.82) is 5.26 Å². The first-order valence-electron chi connectivity index (χ1n) is 5.89. The summed E-state index contributed by atoms with van der Waals surface area (Å²) >= 11 is 11.9. The third-order valence-corrected chi connectivity index (χ3v) is 5.54. The number of unbranched alkanes of at least 4 members (excludes halogenated alkanes) is 1. The zero-order chi connectivity index (χ0) is 13.6. The van der Waals surface area contributed by atoms with Crippen molar-refractivity contribution < 1.29 is 4.43 Å². The van der Waals surface area contributed by atoms with Crippen molar-refractivity contribution in [3.8, 4) is 6.07 Å². The Morgan fingerprint density at radius 3 is 2.39 bits per heavy atom. The number of rotatable bonds is 6. The minimum atomic E-state index is -1.70. The van der Waals surface area contributed by atoms with Crippen molar-refractivity contribution in [2.24, 2.45) is 0 Å². The van der Waals surface area contributed by atoms with E-state index in [0.717, 1.165) is 18.0 Å². The van der Waals surface area contributed by atoms with Crippen molar-refractivity contribution in [1.82, 2.24) is 0 Å². The first kappa shape index (κ1) is 15.5. The van der Waals surface area contributed by atoms with Gasteiger partial charge in [-0.15, -0.1) is 0 Å². The normalized spacial score (nSPS) is 11.3. The fourth-order valence-corrected chi connectivity index (χ4v) is 3.94. The molecule has 1 rings (SSSR count). The second-order valence-electron chi connectivity index (χ2n) is 4.84. The molecule has 5 heteroatoms. The Kier molecular flexibility index (Phi) is 6.17. The molecule has 0 amide bonds. The summed E-state index contributed by atoms with van der Waals surface area (Å²) in [6, 6.07) is 8.60. The maximum Gasteiger partial charge on any atom is 0.187 e. The van der Waals surface area contributed by atoms with Crippen LogP contribution in [0.15, 0.2) is 18.2 Å². The second-order valence-corrected chi connectivity index (χ2v) is 10.0. The lowest BCUT2D eigenvalue weighted by Crippen LogP contribution is -2.29. The molecule has 0 aromatic heterocycles. The molecule has 0 N–H and O–H groups in total. The number of hydrogen-bond donors (Lipinski definition) is 0. The van der Waals surface area contributed by atoms with Crippen molar-refractivity contribution in [2.45, 2.75) is 38.6 Å². The van der Waals surface area contributed by atoms with Crippen LogP contribution in [0.2, 0.25) is 29.2 Å². The number of nitriles is 1. The van der Waals surface area contributed by atoms with Gasteiger partial charge in [0.05, 0.1) is 12.7 Å². The van der Waals surface area contributed by atoms with E-state index in [1.54, 1.807) is 6.07 Å². The van der Waals surface area contributed by atoms with Crippen LogP contribution in [0.25, 0.3) is 0 Å². The Hall–Kier alpha value is -0.533. The summed E-state index contributed by atoms with van der Waals surface area (Å²) < 4.78 is 5.98. The van der Waals surface area contributed by atoms with Gasteiger partial charge >= 0.3 is 0 Å². The standard InChI is InChI=1S/C13H17Cl2NOSi/c1-18(2,6-4-3-5-16)17-10-11-7-12(14)9-13(15)8-11/h7-9H,3-4,6,10H2,1-2H3. The van der Waals surface area contributed by atoms with Crippen LogP contribution in [0.5, 0.6) is 0 Å². The van der Waals surface area contributed by atoms with Crippen molar-refractivity contribution in [3.05, 3.63) is 33.8 Å². The Balaban J connectivity index is 2.50. The average molecular weight is 302 g/mol. The van der Waals surface area contributed by atoms with E-state index < -0.39 is 8.32 Å². The van der Waals surface area contributed by atoms with Crippen molar-refractivity contribution >= 4 is 31.5 Å². The van der Waals surface area contributed by atoms with E-state index in [4.69, 9.17) is 32.9 Å². The fourth-order valence-electron chi connectivity index (χ4n) is 1.64. The van der Waals surface area contributed by atoms with Crippen molar-refractivity contribution in [3.63, 3.8) is 0 Å². The van der Waals surface area contributed by atoms with E-state index >= 15 is 0 Å². The second kappa shape index (κ2) is 7.15. The lowest BCUT2D eigenvalue weighted by Gasteiger charge is -2.22. The van der Waals surface area contributed by atoms with Crippen LogP contribution < -0.4 is 0 Å². The van der Waals surface area contributed by atoms with Gasteiger partial charge < -0.3 is 4.43 Å². The zero-order valence-electron chi connectivity index (χ0n) is 10.7. The smallest absolute Gasteiger partial charge is 0.187 e. The predicted molar refractivity (Wildman–Crippen MR) is 78.4 cm³/mol. The molecule has 1 aromatic rings. The number of halogens is 2. The summed E-state index contributed by atoms with van der Waals surface area (Å²) in [5.41, 5.74) is 0.994. The van der Waals surface area contributed by atoms with Gasteiger partial charge in [0.2, 0.25) is 0 Å². The van der Waals surface area contributed by atoms with E-state index in [2.05, 4.69) is 19.2 Å². The van der Waals surface area contributed by atoms with E-state index in [0.29, 0.717) is 23.1 Å². The van der Waals surface area contributed by atoms with Gasteiger partial charge in [-0.05, 0) is 49.3 Å². The third-order valence-electron chi connectivity index (χ3n) is 2.62. The van der Waals surface area contributed by atoms with Crippen LogP contribution in [0, 0.1) is 11.3 Å². The molecule has 0 saturated heterocycles. The molecule has 0 aliphatic rings. The monoisotopic (exact) mass is 301 g/mol. The lowest BCUT2D eigenvalue weighted by molar-refractivity contribution is 0.294. The topological polar surface area (TPSA) is 33.0 Å². The summed E-state index contributed by atoms with van der Waals surface area (Å²) in [5.74, 6) is 0.